The van der Waals surface area contributed by atoms with E-state index in [2.05, 4.69) is 15.9 Å². The van der Waals surface area contributed by atoms with Gasteiger partial charge in [0.05, 0.1) is 4.90 Å². The Bertz CT molecular complexity index is 553. The monoisotopic (exact) mass is 334 g/mol. The summed E-state index contributed by atoms with van der Waals surface area (Å²) in [6.07, 6.45) is 0. The Kier molecular flexibility index (Phi) is 4.89. The summed E-state index contributed by atoms with van der Waals surface area (Å²) in [5, 5.41) is 0. The molecule has 100 valence electrons. The van der Waals surface area contributed by atoms with Crippen molar-refractivity contribution in [1.82, 2.24) is 4.31 Å². The second-order valence-corrected chi connectivity index (χ2v) is 6.36. The number of nitrogens with zero attached hydrogens (tertiary/aromatic N) is 1. The van der Waals surface area contributed by atoms with Gasteiger partial charge in [0.25, 0.3) is 0 Å². The molecule has 18 heavy (non-hydrogen) atoms. The lowest BCUT2D eigenvalue weighted by Gasteiger charge is -2.19. The summed E-state index contributed by atoms with van der Waals surface area (Å²) < 4.78 is 26.4. The van der Waals surface area contributed by atoms with Gasteiger partial charge in [0, 0.05) is 23.1 Å². The number of nitrogens with two attached hydrogens (primary N) is 1. The van der Waals surface area contributed by atoms with Gasteiger partial charge in [-0.2, -0.15) is 4.31 Å². The first-order chi connectivity index (χ1) is 8.34. The molecule has 0 bridgehead atoms. The maximum Gasteiger partial charge on any atom is 0.248 e. The van der Waals surface area contributed by atoms with Gasteiger partial charge in [-0.05, 0) is 34.1 Å². The Morgan fingerprint density at radius 2 is 1.89 bits per heavy atom. The molecule has 0 radical (unpaired) electrons. The number of benzene rings is 1. The number of hydrogen-bond donors (Lipinski definition) is 1. The quantitative estimate of drug-likeness (QED) is 0.887. The van der Waals surface area contributed by atoms with E-state index in [0.29, 0.717) is 17.6 Å². The lowest BCUT2D eigenvalue weighted by atomic mass is 10.2. The number of amides is 1. The molecule has 0 saturated heterocycles. The standard InChI is InChI=1S/C11H15BrN2O3S/c1-3-14(4-2)18(16,17)10-7-8(11(13)15)5-6-9(10)12/h5-7H,3-4H2,1-2H3,(H2,13,15). The van der Waals surface area contributed by atoms with E-state index in [4.69, 9.17) is 5.73 Å². The Hall–Kier alpha value is -0.920. The van der Waals surface area contributed by atoms with E-state index in [1.54, 1.807) is 13.8 Å². The zero-order chi connectivity index (χ0) is 13.9. The van der Waals surface area contributed by atoms with Gasteiger partial charge in [-0.25, -0.2) is 8.42 Å². The highest BCUT2D eigenvalue weighted by Gasteiger charge is 2.24. The number of rotatable bonds is 5. The molecule has 1 amide bonds. The second kappa shape index (κ2) is 5.81. The van der Waals surface area contributed by atoms with Crippen molar-refractivity contribution in [2.24, 2.45) is 5.73 Å². The highest BCUT2D eigenvalue weighted by Crippen LogP contribution is 2.26. The molecule has 0 aliphatic heterocycles. The fourth-order valence-electron chi connectivity index (χ4n) is 1.56. The lowest BCUT2D eigenvalue weighted by Crippen LogP contribution is -2.31. The fraction of sp³-hybridized carbons (Fsp3) is 0.364. The normalized spacial score (nSPS) is 11.8. The summed E-state index contributed by atoms with van der Waals surface area (Å²) >= 11 is 3.18. The average molecular weight is 335 g/mol. The number of halogens is 1. The maximum atomic E-state index is 12.3. The topological polar surface area (TPSA) is 80.5 Å². The van der Waals surface area contributed by atoms with Gasteiger partial charge in [-0.15, -0.1) is 0 Å². The maximum absolute atomic E-state index is 12.3. The van der Waals surface area contributed by atoms with E-state index < -0.39 is 15.9 Å². The van der Waals surface area contributed by atoms with Crippen LogP contribution in [0.5, 0.6) is 0 Å². The first-order valence-electron chi connectivity index (χ1n) is 5.44. The average Bonchev–Trinajstić information content (AvgIpc) is 2.30. The van der Waals surface area contributed by atoms with Crippen molar-refractivity contribution in [3.8, 4) is 0 Å². The third-order valence-corrected chi connectivity index (χ3v) is 5.58. The van der Waals surface area contributed by atoms with Crippen molar-refractivity contribution < 1.29 is 13.2 Å². The van der Waals surface area contributed by atoms with Crippen LogP contribution in [0.3, 0.4) is 0 Å². The van der Waals surface area contributed by atoms with Crippen LogP contribution in [0.4, 0.5) is 0 Å². The Labute approximate surface area is 115 Å². The summed E-state index contributed by atoms with van der Waals surface area (Å²) in [6, 6.07) is 4.28. The molecule has 0 aliphatic rings. The van der Waals surface area contributed by atoms with Crippen molar-refractivity contribution in [2.75, 3.05) is 13.1 Å². The minimum atomic E-state index is -3.61. The SMILES string of the molecule is CCN(CC)S(=O)(=O)c1cc(C(N)=O)ccc1Br. The summed E-state index contributed by atoms with van der Waals surface area (Å²) in [5.41, 5.74) is 5.32. The Morgan fingerprint density at radius 1 is 1.33 bits per heavy atom. The molecule has 7 heteroatoms. The molecular formula is C11H15BrN2O3S. The molecule has 1 aromatic carbocycles. The molecule has 2 N–H and O–H groups in total. The molecule has 0 heterocycles. The third kappa shape index (κ3) is 2.90. The van der Waals surface area contributed by atoms with E-state index >= 15 is 0 Å². The van der Waals surface area contributed by atoms with Crippen molar-refractivity contribution >= 4 is 31.9 Å². The van der Waals surface area contributed by atoms with Crippen molar-refractivity contribution in [3.63, 3.8) is 0 Å². The summed E-state index contributed by atoms with van der Waals surface area (Å²) in [6.45, 7) is 4.25. The van der Waals surface area contributed by atoms with Crippen LogP contribution in [0, 0.1) is 0 Å². The zero-order valence-electron chi connectivity index (χ0n) is 10.2. The summed E-state index contributed by atoms with van der Waals surface area (Å²) in [7, 11) is -3.61. The second-order valence-electron chi connectivity index (χ2n) is 3.60. The van der Waals surface area contributed by atoms with E-state index in [-0.39, 0.29) is 10.5 Å². The van der Waals surface area contributed by atoms with Gasteiger partial charge in [-0.1, -0.05) is 13.8 Å². The summed E-state index contributed by atoms with van der Waals surface area (Å²) in [4.78, 5) is 11.2. The minimum Gasteiger partial charge on any atom is -0.366 e. The van der Waals surface area contributed by atoms with Gasteiger partial charge >= 0.3 is 0 Å². The molecular weight excluding hydrogens is 320 g/mol. The molecule has 1 aromatic rings. The highest BCUT2D eigenvalue weighted by atomic mass is 79.9. The van der Waals surface area contributed by atoms with E-state index in [0.717, 1.165) is 0 Å². The molecule has 1 rings (SSSR count). The number of carbonyl (C=O) groups is 1. The van der Waals surface area contributed by atoms with Crippen LogP contribution in [0.2, 0.25) is 0 Å². The molecule has 0 fully saturated rings. The van der Waals surface area contributed by atoms with Gasteiger partial charge in [0.1, 0.15) is 0 Å². The smallest absolute Gasteiger partial charge is 0.248 e. The van der Waals surface area contributed by atoms with Gasteiger partial charge < -0.3 is 5.73 Å². The highest BCUT2D eigenvalue weighted by molar-refractivity contribution is 9.10. The van der Waals surface area contributed by atoms with Crippen LogP contribution < -0.4 is 5.73 Å². The summed E-state index contributed by atoms with van der Waals surface area (Å²) in [5.74, 6) is -0.654. The van der Waals surface area contributed by atoms with E-state index in [1.807, 2.05) is 0 Å². The number of hydrogen-bond acceptors (Lipinski definition) is 3. The molecule has 0 atom stereocenters. The first kappa shape index (κ1) is 15.1. The lowest BCUT2D eigenvalue weighted by molar-refractivity contribution is 0.1000. The fourth-order valence-corrected chi connectivity index (χ4v) is 3.97. The Balaban J connectivity index is 3.40. The zero-order valence-corrected chi connectivity index (χ0v) is 12.6. The molecule has 0 aliphatic carbocycles. The number of carbonyl (C=O) groups excluding carboxylic acids is 1. The number of primary amides is 1. The van der Waals surface area contributed by atoms with E-state index in [9.17, 15) is 13.2 Å². The molecule has 0 saturated carbocycles. The number of sulfonamides is 1. The van der Waals surface area contributed by atoms with Crippen LogP contribution in [-0.2, 0) is 10.0 Å². The molecule has 0 spiro atoms. The van der Waals surface area contributed by atoms with Crippen LogP contribution in [0.25, 0.3) is 0 Å². The molecule has 0 unspecified atom stereocenters. The largest absolute Gasteiger partial charge is 0.366 e. The van der Waals surface area contributed by atoms with Crippen molar-refractivity contribution in [2.45, 2.75) is 18.7 Å². The van der Waals surface area contributed by atoms with Gasteiger partial charge in [0.2, 0.25) is 15.9 Å². The Morgan fingerprint density at radius 3 is 2.33 bits per heavy atom. The van der Waals surface area contributed by atoms with Crippen molar-refractivity contribution in [1.29, 1.82) is 0 Å². The van der Waals surface area contributed by atoms with Crippen LogP contribution in [0.1, 0.15) is 24.2 Å². The first-order valence-corrected chi connectivity index (χ1v) is 7.67. The van der Waals surface area contributed by atoms with Crippen LogP contribution in [-0.4, -0.2) is 31.7 Å². The van der Waals surface area contributed by atoms with Gasteiger partial charge in [-0.3, -0.25) is 4.79 Å². The third-order valence-electron chi connectivity index (χ3n) is 2.54. The molecule has 5 nitrogen and oxygen atoms in total. The van der Waals surface area contributed by atoms with Crippen LogP contribution >= 0.6 is 15.9 Å². The molecule has 0 aromatic heterocycles. The van der Waals surface area contributed by atoms with Gasteiger partial charge in [0.15, 0.2) is 0 Å². The minimum absolute atomic E-state index is 0.0579. The van der Waals surface area contributed by atoms with Crippen LogP contribution in [0.15, 0.2) is 27.6 Å². The van der Waals surface area contributed by atoms with Crippen molar-refractivity contribution in [3.05, 3.63) is 28.2 Å². The predicted octanol–water partition coefficient (Wildman–Crippen LogP) is 1.58. The predicted molar refractivity (Wildman–Crippen MR) is 72.8 cm³/mol. The van der Waals surface area contributed by atoms with E-state index in [1.165, 1.54) is 22.5 Å².